The minimum atomic E-state index is 0.639. The van der Waals surface area contributed by atoms with Crippen molar-refractivity contribution in [2.24, 2.45) is 0 Å². The zero-order valence-corrected chi connectivity index (χ0v) is 16.5. The second-order valence-electron chi connectivity index (χ2n) is 6.87. The van der Waals surface area contributed by atoms with Crippen molar-refractivity contribution < 1.29 is 0 Å². The van der Waals surface area contributed by atoms with Gasteiger partial charge in [0, 0.05) is 17.6 Å². The molecule has 0 aliphatic heterocycles. The smallest absolute Gasteiger partial charge is 0.210 e. The molecule has 0 saturated heterocycles. The molecule has 0 aliphatic rings. The molecule has 29 heavy (non-hydrogen) atoms. The molecule has 5 nitrogen and oxygen atoms in total. The lowest BCUT2D eigenvalue weighted by Crippen LogP contribution is -2.14. The number of aromatic nitrogens is 4. The summed E-state index contributed by atoms with van der Waals surface area (Å²) in [5, 5.41) is 12.9. The van der Waals surface area contributed by atoms with Gasteiger partial charge in [0.25, 0.3) is 0 Å². The number of thioether (sulfide) groups is 1. The van der Waals surface area contributed by atoms with Crippen LogP contribution in [0.5, 0.6) is 0 Å². The summed E-state index contributed by atoms with van der Waals surface area (Å²) in [6.07, 6.45) is 0.639. The highest BCUT2D eigenvalue weighted by molar-refractivity contribution is 7.98. The molecule has 6 heteroatoms. The van der Waals surface area contributed by atoms with Gasteiger partial charge in [-0.15, -0.1) is 10.2 Å². The van der Waals surface area contributed by atoms with E-state index in [1.54, 1.807) is 16.4 Å². The number of nitrogen functional groups attached to an aromatic ring is 1. The Hall–Kier alpha value is -3.38. The summed E-state index contributed by atoms with van der Waals surface area (Å²) in [6, 6.07) is 26.9. The Bertz CT molecular complexity index is 1310. The SMILES string of the molecule is Nn1c(Cc2cccc3ccccc23)nnc1SCc1ccc2ccccc2n1. The molecular formula is C23H19N5S. The van der Waals surface area contributed by atoms with Crippen molar-refractivity contribution in [1.29, 1.82) is 0 Å². The Morgan fingerprint density at radius 1 is 0.793 bits per heavy atom. The summed E-state index contributed by atoms with van der Waals surface area (Å²) >= 11 is 1.55. The highest BCUT2D eigenvalue weighted by atomic mass is 32.2. The number of benzene rings is 3. The second-order valence-corrected chi connectivity index (χ2v) is 7.81. The van der Waals surface area contributed by atoms with Gasteiger partial charge in [-0.05, 0) is 28.5 Å². The topological polar surface area (TPSA) is 69.6 Å². The number of para-hydroxylation sites is 1. The van der Waals surface area contributed by atoms with Gasteiger partial charge < -0.3 is 5.84 Å². The first-order valence-corrected chi connectivity index (χ1v) is 10.4. The van der Waals surface area contributed by atoms with Crippen molar-refractivity contribution in [3.8, 4) is 0 Å². The van der Waals surface area contributed by atoms with E-state index >= 15 is 0 Å². The zero-order chi connectivity index (χ0) is 19.6. The first-order chi connectivity index (χ1) is 14.3. The molecule has 2 N–H and O–H groups in total. The number of nitrogens with zero attached hydrogens (tertiary/aromatic N) is 4. The minimum absolute atomic E-state index is 0.639. The minimum Gasteiger partial charge on any atom is -0.336 e. The van der Waals surface area contributed by atoms with Crippen LogP contribution in [0.1, 0.15) is 17.1 Å². The lowest BCUT2D eigenvalue weighted by Gasteiger charge is -2.07. The molecule has 0 spiro atoms. The van der Waals surface area contributed by atoms with E-state index in [1.165, 1.54) is 16.3 Å². The maximum Gasteiger partial charge on any atom is 0.210 e. The summed E-state index contributed by atoms with van der Waals surface area (Å²) in [5.74, 6) is 7.73. The second kappa shape index (κ2) is 7.56. The molecule has 0 saturated carbocycles. The van der Waals surface area contributed by atoms with Gasteiger partial charge in [0.2, 0.25) is 5.16 Å². The molecule has 0 bridgehead atoms. The summed E-state index contributed by atoms with van der Waals surface area (Å²) in [7, 11) is 0. The number of hydrogen-bond acceptors (Lipinski definition) is 5. The van der Waals surface area contributed by atoms with Crippen LogP contribution >= 0.6 is 11.8 Å². The fourth-order valence-electron chi connectivity index (χ4n) is 3.47. The van der Waals surface area contributed by atoms with Crippen molar-refractivity contribution in [3.63, 3.8) is 0 Å². The molecule has 0 unspecified atom stereocenters. The lowest BCUT2D eigenvalue weighted by molar-refractivity contribution is 0.806. The molecule has 0 radical (unpaired) electrons. The first-order valence-electron chi connectivity index (χ1n) is 9.41. The van der Waals surface area contributed by atoms with E-state index in [1.807, 2.05) is 30.3 Å². The third-order valence-corrected chi connectivity index (χ3v) is 5.95. The Balaban J connectivity index is 1.35. The van der Waals surface area contributed by atoms with Gasteiger partial charge in [-0.3, -0.25) is 4.98 Å². The van der Waals surface area contributed by atoms with E-state index in [0.29, 0.717) is 17.3 Å². The number of rotatable bonds is 5. The Morgan fingerprint density at radius 2 is 1.59 bits per heavy atom. The van der Waals surface area contributed by atoms with Gasteiger partial charge in [0.05, 0.1) is 11.2 Å². The van der Waals surface area contributed by atoms with Gasteiger partial charge >= 0.3 is 0 Å². The third kappa shape index (κ3) is 3.54. The Labute approximate surface area is 172 Å². The molecule has 0 atom stereocenters. The normalized spacial score (nSPS) is 11.3. The summed E-state index contributed by atoms with van der Waals surface area (Å²) in [5.41, 5.74) is 3.18. The summed E-state index contributed by atoms with van der Waals surface area (Å²) in [6.45, 7) is 0. The van der Waals surface area contributed by atoms with Crippen LogP contribution in [0.4, 0.5) is 0 Å². The van der Waals surface area contributed by atoms with Gasteiger partial charge in [-0.1, -0.05) is 78.5 Å². The fraction of sp³-hybridized carbons (Fsp3) is 0.0870. The lowest BCUT2D eigenvalue weighted by atomic mass is 10.0. The van der Waals surface area contributed by atoms with Gasteiger partial charge in [-0.2, -0.15) is 0 Å². The van der Waals surface area contributed by atoms with Crippen LogP contribution in [-0.2, 0) is 12.2 Å². The first kappa shape index (κ1) is 17.7. The average molecular weight is 398 g/mol. The van der Waals surface area contributed by atoms with E-state index < -0.39 is 0 Å². The van der Waals surface area contributed by atoms with Crippen LogP contribution in [0.25, 0.3) is 21.7 Å². The van der Waals surface area contributed by atoms with E-state index in [-0.39, 0.29) is 0 Å². The molecule has 3 aromatic carbocycles. The molecule has 5 rings (SSSR count). The maximum atomic E-state index is 6.30. The summed E-state index contributed by atoms with van der Waals surface area (Å²) in [4.78, 5) is 4.71. The van der Waals surface area contributed by atoms with Crippen molar-refractivity contribution >= 4 is 33.4 Å². The van der Waals surface area contributed by atoms with Crippen molar-refractivity contribution in [2.75, 3.05) is 5.84 Å². The largest absolute Gasteiger partial charge is 0.336 e. The van der Waals surface area contributed by atoms with E-state index in [4.69, 9.17) is 10.8 Å². The van der Waals surface area contributed by atoms with Crippen LogP contribution in [0, 0.1) is 0 Å². The van der Waals surface area contributed by atoms with Crippen LogP contribution in [0.3, 0.4) is 0 Å². The Kier molecular flexibility index (Phi) is 4.62. The highest BCUT2D eigenvalue weighted by Gasteiger charge is 2.13. The molecular weight excluding hydrogens is 378 g/mol. The predicted octanol–water partition coefficient (Wildman–Crippen LogP) is 4.58. The fourth-order valence-corrected chi connectivity index (χ4v) is 4.25. The van der Waals surface area contributed by atoms with Gasteiger partial charge in [0.15, 0.2) is 5.82 Å². The number of nitrogens with two attached hydrogens (primary N) is 1. The molecule has 2 heterocycles. The zero-order valence-electron chi connectivity index (χ0n) is 15.7. The molecule has 0 aliphatic carbocycles. The van der Waals surface area contributed by atoms with Crippen LogP contribution < -0.4 is 5.84 Å². The molecule has 5 aromatic rings. The molecule has 142 valence electrons. The maximum absolute atomic E-state index is 6.30. The van der Waals surface area contributed by atoms with E-state index in [2.05, 4.69) is 58.7 Å². The highest BCUT2D eigenvalue weighted by Crippen LogP contribution is 2.24. The average Bonchev–Trinajstić information content (AvgIpc) is 3.11. The molecule has 2 aromatic heterocycles. The monoisotopic (exact) mass is 397 g/mol. The number of hydrogen-bond donors (Lipinski definition) is 1. The summed E-state index contributed by atoms with van der Waals surface area (Å²) < 4.78 is 1.59. The van der Waals surface area contributed by atoms with Gasteiger partial charge in [0.1, 0.15) is 0 Å². The van der Waals surface area contributed by atoms with Crippen LogP contribution in [-0.4, -0.2) is 19.9 Å². The van der Waals surface area contributed by atoms with Crippen molar-refractivity contribution in [3.05, 3.63) is 95.9 Å². The molecule has 0 fully saturated rings. The Morgan fingerprint density at radius 3 is 2.52 bits per heavy atom. The van der Waals surface area contributed by atoms with Crippen molar-refractivity contribution in [2.45, 2.75) is 17.3 Å². The quantitative estimate of drug-likeness (QED) is 0.347. The van der Waals surface area contributed by atoms with Gasteiger partial charge in [-0.25, -0.2) is 4.68 Å². The number of fused-ring (bicyclic) bond motifs is 2. The van der Waals surface area contributed by atoms with Crippen molar-refractivity contribution in [1.82, 2.24) is 19.9 Å². The standard InChI is InChI=1S/C23H19N5S/c24-28-22(14-18-9-5-8-16-6-1-3-10-20(16)18)26-27-23(28)29-15-19-13-12-17-7-2-4-11-21(17)25-19/h1-13H,14-15,24H2. The van der Waals surface area contributed by atoms with E-state index in [9.17, 15) is 0 Å². The van der Waals surface area contributed by atoms with Crippen LogP contribution in [0.2, 0.25) is 0 Å². The molecule has 0 amide bonds. The number of pyridine rings is 1. The van der Waals surface area contributed by atoms with Crippen LogP contribution in [0.15, 0.2) is 84.0 Å². The predicted molar refractivity (Wildman–Crippen MR) is 118 cm³/mol. The third-order valence-electron chi connectivity index (χ3n) is 4.97. The van der Waals surface area contributed by atoms with E-state index in [0.717, 1.165) is 22.4 Å².